The maximum atomic E-state index is 12.3. The van der Waals surface area contributed by atoms with E-state index in [1.807, 2.05) is 18.2 Å². The van der Waals surface area contributed by atoms with Gasteiger partial charge in [0.25, 0.3) is 0 Å². The van der Waals surface area contributed by atoms with Crippen molar-refractivity contribution in [2.45, 2.75) is 46.0 Å². The maximum absolute atomic E-state index is 12.3. The van der Waals surface area contributed by atoms with Gasteiger partial charge in [-0.2, -0.15) is 0 Å². The zero-order valence-corrected chi connectivity index (χ0v) is 21.5. The Hall–Kier alpha value is -2.89. The molecule has 1 heterocycles. The molecule has 0 amide bonds. The highest BCUT2D eigenvalue weighted by Gasteiger charge is 2.36. The number of carbonyl (C=O) groups excluding carboxylic acids is 1. The first-order valence-electron chi connectivity index (χ1n) is 12.9. The van der Waals surface area contributed by atoms with Crippen molar-refractivity contribution >= 4 is 17.4 Å². The molecule has 1 aliphatic heterocycles. The van der Waals surface area contributed by atoms with Crippen LogP contribution in [0.4, 0.5) is 5.69 Å². The summed E-state index contributed by atoms with van der Waals surface area (Å²) >= 11 is 0. The van der Waals surface area contributed by atoms with E-state index in [1.165, 1.54) is 18.5 Å². The number of benzene rings is 2. The van der Waals surface area contributed by atoms with E-state index in [0.29, 0.717) is 19.6 Å². The van der Waals surface area contributed by atoms with Gasteiger partial charge in [-0.3, -0.25) is 4.48 Å². The lowest BCUT2D eigenvalue weighted by molar-refractivity contribution is -0.136. The number of quaternary nitrogens is 1. The van der Waals surface area contributed by atoms with Gasteiger partial charge in [-0.1, -0.05) is 38.5 Å². The first kappa shape index (κ1) is 26.7. The van der Waals surface area contributed by atoms with E-state index in [4.69, 9.17) is 14.2 Å². The third-order valence-corrected chi connectivity index (χ3v) is 6.48. The fraction of sp³-hybridized carbons (Fsp3) is 0.433. The highest BCUT2D eigenvalue weighted by atomic mass is 16.5. The van der Waals surface area contributed by atoms with Crippen molar-refractivity contribution in [3.63, 3.8) is 0 Å². The van der Waals surface area contributed by atoms with E-state index in [9.17, 15) is 4.79 Å². The van der Waals surface area contributed by atoms with Gasteiger partial charge in [0.15, 0.2) is 0 Å². The van der Waals surface area contributed by atoms with Gasteiger partial charge in [-0.15, -0.1) is 0 Å². The number of rotatable bonds is 12. The minimum absolute atomic E-state index is 0.249. The number of hydrogen-bond donors (Lipinski definition) is 0. The topological polar surface area (TPSA) is 44.8 Å². The third-order valence-electron chi connectivity index (χ3n) is 6.48. The quantitative estimate of drug-likeness (QED) is 0.198. The molecule has 0 fully saturated rings. The lowest BCUT2D eigenvalue weighted by Gasteiger charge is -2.40. The van der Waals surface area contributed by atoms with Gasteiger partial charge in [0, 0.05) is 30.2 Å². The Kier molecular flexibility index (Phi) is 10.6. The predicted molar refractivity (Wildman–Crippen MR) is 143 cm³/mol. The minimum Gasteiger partial charge on any atom is -0.491 e. The molecule has 1 atom stereocenters. The molecule has 2 aromatic carbocycles. The molecule has 5 heteroatoms. The van der Waals surface area contributed by atoms with Crippen molar-refractivity contribution in [2.75, 3.05) is 40.0 Å². The maximum Gasteiger partial charge on any atom is 0.333 e. The van der Waals surface area contributed by atoms with E-state index < -0.39 is 0 Å². The van der Waals surface area contributed by atoms with Gasteiger partial charge >= 0.3 is 5.97 Å². The van der Waals surface area contributed by atoms with Crippen molar-refractivity contribution in [1.82, 2.24) is 4.48 Å². The molecule has 1 unspecified atom stereocenters. The van der Waals surface area contributed by atoms with Crippen molar-refractivity contribution in [3.8, 4) is 5.75 Å². The van der Waals surface area contributed by atoms with Crippen LogP contribution in [0.1, 0.15) is 51.5 Å². The third kappa shape index (κ3) is 7.06. The van der Waals surface area contributed by atoms with Crippen molar-refractivity contribution in [1.29, 1.82) is 0 Å². The van der Waals surface area contributed by atoms with Crippen LogP contribution in [0.15, 0.2) is 72.3 Å². The molecule has 0 aromatic heterocycles. The number of esters is 1. The summed E-state index contributed by atoms with van der Waals surface area (Å²) in [6.07, 6.45) is 8.92. The molecule has 0 N–H and O–H groups in total. The molecule has 0 aliphatic carbocycles. The van der Waals surface area contributed by atoms with Gasteiger partial charge < -0.3 is 14.2 Å². The second-order valence-corrected chi connectivity index (χ2v) is 8.93. The highest BCUT2D eigenvalue weighted by molar-refractivity contribution is 5.89. The predicted octanol–water partition coefficient (Wildman–Crippen LogP) is 6.53. The second-order valence-electron chi connectivity index (χ2n) is 8.93. The smallest absolute Gasteiger partial charge is 0.333 e. The molecular weight excluding hydrogens is 438 g/mol. The van der Waals surface area contributed by atoms with Crippen LogP contribution in [0.25, 0.3) is 5.70 Å². The Labute approximate surface area is 210 Å². The molecule has 1 aliphatic rings. The van der Waals surface area contributed by atoms with Crippen LogP contribution < -0.4 is 9.22 Å². The summed E-state index contributed by atoms with van der Waals surface area (Å²) in [5.74, 6) is 0.582. The molecule has 5 nitrogen and oxygen atoms in total. The number of hydrogen-bond acceptors (Lipinski definition) is 4. The molecule has 0 saturated carbocycles. The Morgan fingerprint density at radius 2 is 1.69 bits per heavy atom. The molecule has 188 valence electrons. The van der Waals surface area contributed by atoms with Gasteiger partial charge in [-0.05, 0) is 61.7 Å². The monoisotopic (exact) mass is 478 g/mol. The second kappa shape index (κ2) is 13.9. The molecule has 0 radical (unpaired) electrons. The fourth-order valence-corrected chi connectivity index (χ4v) is 4.72. The standard InChI is InChI=1S/C30H40NO4/c1-4-6-22-34-23-24-35-28-17-14-25(15-18-28)29-19-16-26(30(32)33-3)11-10-21-31(29,20-5-2)27-12-8-7-9-13-27/h7-9,12-19H,4-6,10-11,20-24H2,1-3H3/q+1. The van der Waals surface area contributed by atoms with E-state index in [1.54, 1.807) is 0 Å². The van der Waals surface area contributed by atoms with Crippen LogP contribution in [0.3, 0.4) is 0 Å². The first-order chi connectivity index (χ1) is 17.1. The zero-order valence-electron chi connectivity index (χ0n) is 21.5. The Morgan fingerprint density at radius 3 is 2.37 bits per heavy atom. The van der Waals surface area contributed by atoms with E-state index in [-0.39, 0.29) is 5.97 Å². The summed E-state index contributed by atoms with van der Waals surface area (Å²) in [5, 5.41) is 0. The molecular formula is C30H40NO4+. The summed E-state index contributed by atoms with van der Waals surface area (Å²) < 4.78 is 17.3. The number of methoxy groups -OCH3 is 1. The average molecular weight is 479 g/mol. The number of nitrogens with zero attached hydrogens (tertiary/aromatic N) is 1. The highest BCUT2D eigenvalue weighted by Crippen LogP contribution is 2.38. The van der Waals surface area contributed by atoms with Gasteiger partial charge in [0.1, 0.15) is 23.7 Å². The lowest BCUT2D eigenvalue weighted by atomic mass is 9.99. The summed E-state index contributed by atoms with van der Waals surface area (Å²) in [6.45, 7) is 8.19. The molecule has 0 bridgehead atoms. The van der Waals surface area contributed by atoms with Crippen molar-refractivity contribution < 1.29 is 19.0 Å². The molecule has 35 heavy (non-hydrogen) atoms. The van der Waals surface area contributed by atoms with E-state index in [2.05, 4.69) is 62.4 Å². The Bertz CT molecular complexity index is 981. The van der Waals surface area contributed by atoms with Crippen LogP contribution in [0, 0.1) is 0 Å². The fourth-order valence-electron chi connectivity index (χ4n) is 4.72. The van der Waals surface area contributed by atoms with E-state index in [0.717, 1.165) is 66.7 Å². The van der Waals surface area contributed by atoms with Gasteiger partial charge in [0.2, 0.25) is 0 Å². The number of carbonyl (C=O) groups is 1. The largest absolute Gasteiger partial charge is 0.491 e. The van der Waals surface area contributed by atoms with Crippen molar-refractivity contribution in [2.24, 2.45) is 0 Å². The number of ether oxygens (including phenoxy) is 3. The van der Waals surface area contributed by atoms with Crippen molar-refractivity contribution in [3.05, 3.63) is 77.9 Å². The molecule has 2 aromatic rings. The summed E-state index contributed by atoms with van der Waals surface area (Å²) in [6, 6.07) is 19.0. The normalized spacial score (nSPS) is 18.1. The van der Waals surface area contributed by atoms with Crippen LogP contribution in [-0.2, 0) is 14.3 Å². The summed E-state index contributed by atoms with van der Waals surface area (Å²) in [7, 11) is 1.45. The summed E-state index contributed by atoms with van der Waals surface area (Å²) in [5.41, 5.74) is 4.28. The SMILES string of the molecule is CCCCOCCOc1ccc(C2=CC=C(C(=O)OC)CCC[N+]2(CCC)c2ccccc2)cc1. The van der Waals surface area contributed by atoms with Gasteiger partial charge in [0.05, 0.1) is 26.8 Å². The Balaban J connectivity index is 1.93. The molecule has 0 saturated heterocycles. The van der Waals surface area contributed by atoms with E-state index >= 15 is 0 Å². The zero-order chi connectivity index (χ0) is 24.9. The molecule has 0 spiro atoms. The summed E-state index contributed by atoms with van der Waals surface area (Å²) in [4.78, 5) is 12.3. The number of unbranched alkanes of at least 4 members (excludes halogenated alkanes) is 1. The van der Waals surface area contributed by atoms with Crippen LogP contribution in [0.2, 0.25) is 0 Å². The number of para-hydroxylation sites is 1. The van der Waals surface area contributed by atoms with Crippen LogP contribution in [-0.4, -0.2) is 46.0 Å². The number of allylic oxidation sites excluding steroid dienone is 2. The van der Waals surface area contributed by atoms with Crippen LogP contribution in [0.5, 0.6) is 5.75 Å². The lowest BCUT2D eigenvalue weighted by Crippen LogP contribution is -2.49. The average Bonchev–Trinajstić information content (AvgIpc) is 2.88. The van der Waals surface area contributed by atoms with Crippen LogP contribution >= 0.6 is 0 Å². The Morgan fingerprint density at radius 1 is 0.914 bits per heavy atom. The minimum atomic E-state index is -0.249. The molecule has 3 rings (SSSR count). The van der Waals surface area contributed by atoms with Gasteiger partial charge in [-0.25, -0.2) is 4.79 Å². The first-order valence-corrected chi connectivity index (χ1v) is 12.9.